The molecule has 4 heterocycles. The predicted molar refractivity (Wildman–Crippen MR) is 155 cm³/mol. The van der Waals surface area contributed by atoms with E-state index in [1.165, 1.54) is 5.56 Å². The zero-order valence-electron chi connectivity index (χ0n) is 21.0. The summed E-state index contributed by atoms with van der Waals surface area (Å²) in [7, 11) is 0. The SMILES string of the molecule is C=C1N(c2ccccc2C)c2c(n(-c3ccc(-c4ccccn4)nc3)c3ccccc23)N1c1ccccc1. The number of rotatable bonds is 4. The van der Waals surface area contributed by atoms with E-state index >= 15 is 0 Å². The first-order valence-corrected chi connectivity index (χ1v) is 12.6. The quantitative estimate of drug-likeness (QED) is 0.249. The average Bonchev–Trinajstić information content (AvgIpc) is 3.45. The molecule has 0 N–H and O–H groups in total. The van der Waals surface area contributed by atoms with Crippen LogP contribution in [0.1, 0.15) is 5.56 Å². The zero-order valence-corrected chi connectivity index (χ0v) is 21.0. The van der Waals surface area contributed by atoms with Crippen LogP contribution in [0.3, 0.4) is 0 Å². The molecule has 5 heteroatoms. The lowest BCUT2D eigenvalue weighted by molar-refractivity contribution is 1.04. The zero-order chi connectivity index (χ0) is 25.6. The maximum atomic E-state index is 4.81. The highest BCUT2D eigenvalue weighted by Crippen LogP contribution is 2.55. The number of aromatic nitrogens is 3. The van der Waals surface area contributed by atoms with Crippen molar-refractivity contribution in [1.82, 2.24) is 14.5 Å². The highest BCUT2D eigenvalue weighted by Gasteiger charge is 2.39. The fourth-order valence-corrected chi connectivity index (χ4v) is 5.35. The second kappa shape index (κ2) is 8.75. The van der Waals surface area contributed by atoms with E-state index in [9.17, 15) is 0 Å². The van der Waals surface area contributed by atoms with Crippen LogP contribution in [-0.4, -0.2) is 14.5 Å². The van der Waals surface area contributed by atoms with Gasteiger partial charge in [-0.15, -0.1) is 0 Å². The Bertz CT molecular complexity index is 1790. The summed E-state index contributed by atoms with van der Waals surface area (Å²) in [6.45, 7) is 6.75. The van der Waals surface area contributed by atoms with Gasteiger partial charge in [-0.25, -0.2) is 0 Å². The Morgan fingerprint density at radius 1 is 0.632 bits per heavy atom. The van der Waals surface area contributed by atoms with E-state index in [1.54, 1.807) is 6.20 Å². The third-order valence-electron chi connectivity index (χ3n) is 7.08. The Labute approximate surface area is 221 Å². The molecule has 3 aromatic heterocycles. The van der Waals surface area contributed by atoms with E-state index in [0.29, 0.717) is 0 Å². The Balaban J connectivity index is 1.51. The van der Waals surface area contributed by atoms with Gasteiger partial charge < -0.3 is 0 Å². The summed E-state index contributed by atoms with van der Waals surface area (Å²) in [6.07, 6.45) is 3.72. The van der Waals surface area contributed by atoms with E-state index < -0.39 is 0 Å². The van der Waals surface area contributed by atoms with Crippen LogP contribution in [0.2, 0.25) is 0 Å². The lowest BCUT2D eigenvalue weighted by Crippen LogP contribution is -2.22. The van der Waals surface area contributed by atoms with Crippen molar-refractivity contribution in [1.29, 1.82) is 0 Å². The van der Waals surface area contributed by atoms with Gasteiger partial charge in [-0.05, 0) is 61.0 Å². The summed E-state index contributed by atoms with van der Waals surface area (Å²) >= 11 is 0. The number of pyridine rings is 2. The van der Waals surface area contributed by atoms with E-state index in [0.717, 1.165) is 56.7 Å². The number of nitrogens with zero attached hydrogens (tertiary/aromatic N) is 5. The summed E-state index contributed by atoms with van der Waals surface area (Å²) in [5.74, 6) is 1.92. The van der Waals surface area contributed by atoms with Crippen LogP contribution in [-0.2, 0) is 0 Å². The van der Waals surface area contributed by atoms with E-state index in [4.69, 9.17) is 4.98 Å². The Morgan fingerprint density at radius 3 is 2.13 bits per heavy atom. The molecule has 0 saturated heterocycles. The van der Waals surface area contributed by atoms with Gasteiger partial charge >= 0.3 is 0 Å². The second-order valence-electron chi connectivity index (χ2n) is 9.35. The lowest BCUT2D eigenvalue weighted by Gasteiger charge is -2.27. The van der Waals surface area contributed by atoms with E-state index in [-0.39, 0.29) is 0 Å². The first-order valence-electron chi connectivity index (χ1n) is 12.6. The van der Waals surface area contributed by atoms with Gasteiger partial charge in [0.05, 0.1) is 40.2 Å². The number of hydrogen-bond acceptors (Lipinski definition) is 4. The van der Waals surface area contributed by atoms with Crippen molar-refractivity contribution in [3.63, 3.8) is 0 Å². The molecule has 1 aliphatic heterocycles. The Hall–Kier alpha value is -5.16. The molecular formula is C33H25N5. The molecule has 0 radical (unpaired) electrons. The molecule has 0 amide bonds. The Morgan fingerprint density at radius 2 is 1.37 bits per heavy atom. The van der Waals surface area contributed by atoms with E-state index in [1.807, 2.05) is 36.5 Å². The van der Waals surface area contributed by atoms with Crippen molar-refractivity contribution < 1.29 is 0 Å². The van der Waals surface area contributed by atoms with Gasteiger partial charge in [-0.3, -0.25) is 24.3 Å². The minimum Gasteiger partial charge on any atom is -0.292 e. The van der Waals surface area contributed by atoms with Crippen LogP contribution < -0.4 is 9.80 Å². The van der Waals surface area contributed by atoms with Crippen molar-refractivity contribution in [2.75, 3.05) is 9.80 Å². The first kappa shape index (κ1) is 22.1. The molecule has 0 saturated carbocycles. The number of para-hydroxylation sites is 3. The summed E-state index contributed by atoms with van der Waals surface area (Å²) in [5.41, 5.74) is 8.24. The number of benzene rings is 3. The van der Waals surface area contributed by atoms with Crippen LogP contribution >= 0.6 is 0 Å². The van der Waals surface area contributed by atoms with Crippen molar-refractivity contribution in [3.8, 4) is 17.1 Å². The fraction of sp³-hybridized carbons (Fsp3) is 0.0303. The standard InChI is InChI=1S/C33H25N5/c1-23-12-6-8-17-30(23)37-24(2)36(25-13-4-3-5-14-25)33-32(37)27-15-7-9-18-31(27)38(33)26-19-20-29(35-22-26)28-16-10-11-21-34-28/h3-22H,2H2,1H3. The molecule has 0 fully saturated rings. The highest BCUT2D eigenvalue weighted by atomic mass is 15.4. The maximum absolute atomic E-state index is 4.81. The molecule has 0 spiro atoms. The third-order valence-corrected chi connectivity index (χ3v) is 7.08. The van der Waals surface area contributed by atoms with Gasteiger partial charge in [0.15, 0.2) is 0 Å². The van der Waals surface area contributed by atoms with Crippen LogP contribution in [0.5, 0.6) is 0 Å². The molecular weight excluding hydrogens is 466 g/mol. The molecule has 0 unspecified atom stereocenters. The van der Waals surface area contributed by atoms with Crippen molar-refractivity contribution >= 4 is 33.8 Å². The molecule has 7 rings (SSSR count). The van der Waals surface area contributed by atoms with Crippen molar-refractivity contribution in [2.45, 2.75) is 6.92 Å². The van der Waals surface area contributed by atoms with Gasteiger partial charge in [0.25, 0.3) is 0 Å². The monoisotopic (exact) mass is 491 g/mol. The van der Waals surface area contributed by atoms with E-state index in [2.05, 4.69) is 112 Å². The van der Waals surface area contributed by atoms with Gasteiger partial charge in [-0.2, -0.15) is 0 Å². The largest absolute Gasteiger partial charge is 0.292 e. The van der Waals surface area contributed by atoms with Crippen LogP contribution in [0.4, 0.5) is 22.9 Å². The van der Waals surface area contributed by atoms with Crippen LogP contribution in [0.25, 0.3) is 28.0 Å². The summed E-state index contributed by atoms with van der Waals surface area (Å²) in [5, 5.41) is 1.15. The molecule has 6 aromatic rings. The molecule has 0 atom stereocenters. The number of fused-ring (bicyclic) bond motifs is 3. The maximum Gasteiger partial charge on any atom is 0.149 e. The number of aryl methyl sites for hydroxylation is 1. The minimum absolute atomic E-state index is 0.841. The summed E-state index contributed by atoms with van der Waals surface area (Å²) in [4.78, 5) is 13.8. The summed E-state index contributed by atoms with van der Waals surface area (Å²) < 4.78 is 2.29. The molecule has 38 heavy (non-hydrogen) atoms. The fourth-order valence-electron chi connectivity index (χ4n) is 5.35. The van der Waals surface area contributed by atoms with Crippen molar-refractivity contribution in [2.24, 2.45) is 0 Å². The van der Waals surface area contributed by atoms with Gasteiger partial charge in [0.1, 0.15) is 11.6 Å². The number of hydrogen-bond donors (Lipinski definition) is 0. The second-order valence-corrected chi connectivity index (χ2v) is 9.35. The normalized spacial score (nSPS) is 12.8. The average molecular weight is 492 g/mol. The van der Waals surface area contributed by atoms with Gasteiger partial charge in [0, 0.05) is 17.3 Å². The van der Waals surface area contributed by atoms with Crippen LogP contribution in [0, 0.1) is 6.92 Å². The molecule has 182 valence electrons. The molecule has 5 nitrogen and oxygen atoms in total. The predicted octanol–water partition coefficient (Wildman–Crippen LogP) is 8.16. The van der Waals surface area contributed by atoms with Gasteiger partial charge in [0.2, 0.25) is 0 Å². The smallest absolute Gasteiger partial charge is 0.149 e. The van der Waals surface area contributed by atoms with Crippen LogP contribution in [0.15, 0.2) is 134 Å². The summed E-state index contributed by atoms with van der Waals surface area (Å²) in [6, 6.07) is 37.5. The lowest BCUT2D eigenvalue weighted by atomic mass is 10.1. The highest BCUT2D eigenvalue weighted by molar-refractivity contribution is 6.10. The van der Waals surface area contributed by atoms with Crippen molar-refractivity contribution in [3.05, 3.63) is 140 Å². The topological polar surface area (TPSA) is 37.2 Å². The molecule has 1 aliphatic rings. The minimum atomic E-state index is 0.841. The third kappa shape index (κ3) is 3.33. The Kier molecular flexibility index (Phi) is 5.08. The number of anilines is 4. The van der Waals surface area contributed by atoms with Gasteiger partial charge in [-0.1, -0.05) is 67.2 Å². The molecule has 0 bridgehead atoms. The first-order chi connectivity index (χ1) is 18.7. The molecule has 3 aromatic carbocycles. The molecule has 0 aliphatic carbocycles.